The van der Waals surface area contributed by atoms with Crippen LogP contribution in [0.25, 0.3) is 0 Å². The maximum absolute atomic E-state index is 14.3. The van der Waals surface area contributed by atoms with Gasteiger partial charge in [-0.2, -0.15) is 0 Å². The van der Waals surface area contributed by atoms with Gasteiger partial charge in [0, 0.05) is 29.4 Å². The van der Waals surface area contributed by atoms with E-state index in [2.05, 4.69) is 10.6 Å². The first-order chi connectivity index (χ1) is 16.3. The molecule has 4 rings (SSSR count). The van der Waals surface area contributed by atoms with E-state index in [1.165, 1.54) is 30.5 Å². The molecule has 1 fully saturated rings. The van der Waals surface area contributed by atoms with Gasteiger partial charge in [0.15, 0.2) is 0 Å². The number of likely N-dealkylation sites (tertiary alicyclic amines) is 1. The molecule has 1 aliphatic heterocycles. The first kappa shape index (κ1) is 23.5. The molecule has 1 atom stereocenters. The monoisotopic (exact) mass is 483 g/mol. The number of carbonyl (C=O) groups is 3. The average Bonchev–Trinajstić information content (AvgIpc) is 3.27. The molecule has 1 aromatic heterocycles. The van der Waals surface area contributed by atoms with Gasteiger partial charge in [-0.25, -0.2) is 4.39 Å². The van der Waals surface area contributed by atoms with E-state index in [0.717, 1.165) is 0 Å². The van der Waals surface area contributed by atoms with Crippen LogP contribution in [-0.2, 0) is 4.79 Å². The van der Waals surface area contributed by atoms with Gasteiger partial charge < -0.3 is 20.0 Å². The lowest BCUT2D eigenvalue weighted by molar-refractivity contribution is -0.121. The van der Waals surface area contributed by atoms with Crippen molar-refractivity contribution in [3.63, 3.8) is 0 Å². The van der Waals surface area contributed by atoms with Crippen LogP contribution in [0.4, 0.5) is 15.8 Å². The number of anilines is 2. The van der Waals surface area contributed by atoms with E-state index in [4.69, 9.17) is 16.0 Å². The quantitative estimate of drug-likeness (QED) is 0.526. The van der Waals surface area contributed by atoms with Gasteiger partial charge in [-0.15, -0.1) is 0 Å². The SMILES string of the molecule is Cc1occc1C(=O)Nc1cc(NC(=O)C2CCCN(C(=O)c3ccc(Cl)cc3)C2)ccc1F. The molecule has 0 radical (unpaired) electrons. The van der Waals surface area contributed by atoms with E-state index in [9.17, 15) is 18.8 Å². The Bertz CT molecular complexity index is 1230. The first-order valence-electron chi connectivity index (χ1n) is 10.8. The molecule has 0 bridgehead atoms. The highest BCUT2D eigenvalue weighted by Gasteiger charge is 2.29. The van der Waals surface area contributed by atoms with E-state index >= 15 is 0 Å². The molecule has 176 valence electrons. The normalized spacial score (nSPS) is 15.6. The lowest BCUT2D eigenvalue weighted by Gasteiger charge is -2.32. The van der Waals surface area contributed by atoms with Gasteiger partial charge in [-0.1, -0.05) is 11.6 Å². The van der Waals surface area contributed by atoms with Gasteiger partial charge in [0.05, 0.1) is 23.4 Å². The topological polar surface area (TPSA) is 91.7 Å². The Morgan fingerprint density at radius 3 is 2.56 bits per heavy atom. The van der Waals surface area contributed by atoms with Crippen LogP contribution in [-0.4, -0.2) is 35.7 Å². The van der Waals surface area contributed by atoms with Crippen molar-refractivity contribution < 1.29 is 23.2 Å². The number of rotatable bonds is 5. The highest BCUT2D eigenvalue weighted by molar-refractivity contribution is 6.30. The highest BCUT2D eigenvalue weighted by Crippen LogP contribution is 2.24. The minimum atomic E-state index is -0.634. The Labute approximate surface area is 200 Å². The van der Waals surface area contributed by atoms with E-state index in [0.29, 0.717) is 47.0 Å². The summed E-state index contributed by atoms with van der Waals surface area (Å²) in [6.07, 6.45) is 2.69. The number of halogens is 2. The van der Waals surface area contributed by atoms with Gasteiger partial charge >= 0.3 is 0 Å². The van der Waals surface area contributed by atoms with Crippen molar-refractivity contribution in [3.05, 3.63) is 82.5 Å². The molecule has 0 aliphatic carbocycles. The fourth-order valence-corrected chi connectivity index (χ4v) is 4.03. The van der Waals surface area contributed by atoms with Gasteiger partial charge in [-0.05, 0) is 68.3 Å². The van der Waals surface area contributed by atoms with Crippen LogP contribution in [0.2, 0.25) is 5.02 Å². The molecule has 1 unspecified atom stereocenters. The molecular formula is C25H23ClFN3O4. The lowest BCUT2D eigenvalue weighted by Crippen LogP contribution is -2.43. The molecule has 7 nitrogen and oxygen atoms in total. The van der Waals surface area contributed by atoms with Crippen LogP contribution >= 0.6 is 11.6 Å². The number of amides is 3. The highest BCUT2D eigenvalue weighted by atomic mass is 35.5. The number of nitrogens with one attached hydrogen (secondary N) is 2. The summed E-state index contributed by atoms with van der Waals surface area (Å²) in [6.45, 7) is 2.47. The second-order valence-corrected chi connectivity index (χ2v) is 8.56. The minimum Gasteiger partial charge on any atom is -0.469 e. The smallest absolute Gasteiger partial charge is 0.259 e. The molecule has 2 N–H and O–H groups in total. The number of hydrogen-bond donors (Lipinski definition) is 2. The number of piperidine rings is 1. The Hall–Kier alpha value is -3.65. The molecular weight excluding hydrogens is 461 g/mol. The predicted octanol–water partition coefficient (Wildman–Crippen LogP) is 5.12. The lowest BCUT2D eigenvalue weighted by atomic mass is 9.96. The number of carbonyl (C=O) groups excluding carboxylic acids is 3. The summed E-state index contributed by atoms with van der Waals surface area (Å²) in [5.74, 6) is -1.58. The molecule has 9 heteroatoms. The third-order valence-electron chi connectivity index (χ3n) is 5.76. The van der Waals surface area contributed by atoms with Crippen molar-refractivity contribution in [1.82, 2.24) is 4.90 Å². The number of furan rings is 1. The molecule has 1 saturated heterocycles. The molecule has 3 amide bonds. The van der Waals surface area contributed by atoms with Crippen molar-refractivity contribution in [1.29, 1.82) is 0 Å². The summed E-state index contributed by atoms with van der Waals surface area (Å²) in [6, 6.07) is 12.1. The second-order valence-electron chi connectivity index (χ2n) is 8.13. The summed E-state index contributed by atoms with van der Waals surface area (Å²) in [5.41, 5.74) is 1.08. The average molecular weight is 484 g/mol. The Morgan fingerprint density at radius 2 is 1.85 bits per heavy atom. The summed E-state index contributed by atoms with van der Waals surface area (Å²) >= 11 is 5.90. The van der Waals surface area contributed by atoms with E-state index in [-0.39, 0.29) is 24.0 Å². The maximum Gasteiger partial charge on any atom is 0.259 e. The number of hydrogen-bond acceptors (Lipinski definition) is 4. The molecule has 3 aromatic rings. The fraction of sp³-hybridized carbons (Fsp3) is 0.240. The van der Waals surface area contributed by atoms with Crippen LogP contribution in [0.3, 0.4) is 0 Å². The number of benzene rings is 2. The zero-order valence-electron chi connectivity index (χ0n) is 18.4. The second kappa shape index (κ2) is 10.1. The van der Waals surface area contributed by atoms with Crippen molar-refractivity contribution in [2.45, 2.75) is 19.8 Å². The van der Waals surface area contributed by atoms with Crippen molar-refractivity contribution in [2.75, 3.05) is 23.7 Å². The number of nitrogens with zero attached hydrogens (tertiary/aromatic N) is 1. The molecule has 2 heterocycles. The van der Waals surface area contributed by atoms with Crippen LogP contribution < -0.4 is 10.6 Å². The molecule has 2 aromatic carbocycles. The van der Waals surface area contributed by atoms with Crippen molar-refractivity contribution >= 4 is 40.7 Å². The van der Waals surface area contributed by atoms with Crippen molar-refractivity contribution in [2.24, 2.45) is 5.92 Å². The Morgan fingerprint density at radius 1 is 1.09 bits per heavy atom. The van der Waals surface area contributed by atoms with Gasteiger partial charge in [0.1, 0.15) is 11.6 Å². The third-order valence-corrected chi connectivity index (χ3v) is 6.01. The fourth-order valence-electron chi connectivity index (χ4n) is 3.90. The molecule has 34 heavy (non-hydrogen) atoms. The Balaban J connectivity index is 1.41. The maximum atomic E-state index is 14.3. The van der Waals surface area contributed by atoms with Gasteiger partial charge in [0.2, 0.25) is 5.91 Å². The summed E-state index contributed by atoms with van der Waals surface area (Å²) < 4.78 is 19.4. The van der Waals surface area contributed by atoms with E-state index < -0.39 is 17.6 Å². The first-order valence-corrected chi connectivity index (χ1v) is 11.2. The Kier molecular flexibility index (Phi) is 6.98. The molecule has 0 spiro atoms. The van der Waals surface area contributed by atoms with Gasteiger partial charge in [-0.3, -0.25) is 14.4 Å². The van der Waals surface area contributed by atoms with Crippen LogP contribution in [0, 0.1) is 18.7 Å². The summed E-state index contributed by atoms with van der Waals surface area (Å²) in [7, 11) is 0. The zero-order chi connectivity index (χ0) is 24.2. The van der Waals surface area contributed by atoms with E-state index in [1.807, 2.05) is 0 Å². The standard InChI is InChI=1S/C25H23ClFN3O4/c1-15-20(10-12-34-15)24(32)29-22-13-19(8-9-21(22)27)28-23(31)17-3-2-11-30(14-17)25(33)16-4-6-18(26)7-5-16/h4-10,12-13,17H,2-3,11,14H2,1H3,(H,28,31)(H,29,32). The summed E-state index contributed by atoms with van der Waals surface area (Å²) in [4.78, 5) is 39.8. The minimum absolute atomic E-state index is 0.0633. The van der Waals surface area contributed by atoms with Crippen molar-refractivity contribution in [3.8, 4) is 0 Å². The zero-order valence-corrected chi connectivity index (χ0v) is 19.2. The predicted molar refractivity (Wildman–Crippen MR) is 127 cm³/mol. The third kappa shape index (κ3) is 5.28. The van der Waals surface area contributed by atoms with Crippen LogP contribution in [0.1, 0.15) is 39.3 Å². The molecule has 0 saturated carbocycles. The van der Waals surface area contributed by atoms with Crippen LogP contribution in [0.5, 0.6) is 0 Å². The summed E-state index contributed by atoms with van der Waals surface area (Å²) in [5, 5.41) is 5.82. The molecule has 1 aliphatic rings. The van der Waals surface area contributed by atoms with Crippen LogP contribution in [0.15, 0.2) is 59.2 Å². The largest absolute Gasteiger partial charge is 0.469 e. The van der Waals surface area contributed by atoms with Gasteiger partial charge in [0.25, 0.3) is 11.8 Å². The number of aryl methyl sites for hydroxylation is 1. The van der Waals surface area contributed by atoms with E-state index in [1.54, 1.807) is 36.1 Å².